The van der Waals surface area contributed by atoms with Crippen molar-refractivity contribution >= 4 is 11.8 Å². The van der Waals surface area contributed by atoms with E-state index in [0.717, 1.165) is 32.1 Å². The number of hydrogen-bond donors (Lipinski definition) is 3. The van der Waals surface area contributed by atoms with E-state index in [4.69, 9.17) is 15.9 Å². The fourth-order valence-corrected chi connectivity index (χ4v) is 1.87. The van der Waals surface area contributed by atoms with Gasteiger partial charge in [0.05, 0.1) is 13.2 Å². The van der Waals surface area contributed by atoms with Gasteiger partial charge in [0, 0.05) is 25.9 Å². The van der Waals surface area contributed by atoms with Gasteiger partial charge in [0.1, 0.15) is 0 Å². The van der Waals surface area contributed by atoms with Gasteiger partial charge in [0.2, 0.25) is 11.8 Å². The molecule has 0 aliphatic carbocycles. The van der Waals surface area contributed by atoms with Crippen LogP contribution in [-0.2, 0) is 9.59 Å². The zero-order valence-corrected chi connectivity index (χ0v) is 11.5. The highest BCUT2D eigenvalue weighted by atomic mass is 16.3. The summed E-state index contributed by atoms with van der Waals surface area (Å²) in [4.78, 5) is 23.7. The van der Waals surface area contributed by atoms with Crippen molar-refractivity contribution in [2.75, 3.05) is 26.3 Å². The van der Waals surface area contributed by atoms with E-state index < -0.39 is 0 Å². The Labute approximate surface area is 114 Å². The fraction of sp³-hybridized carbons (Fsp3) is 0.846. The molecule has 0 fully saturated rings. The average Bonchev–Trinajstić information content (AvgIpc) is 2.36. The van der Waals surface area contributed by atoms with E-state index in [1.807, 2.05) is 0 Å². The second-order valence-corrected chi connectivity index (χ2v) is 4.56. The maximum absolute atomic E-state index is 11.7. The normalized spacial score (nSPS) is 10.4. The Kier molecular flexibility index (Phi) is 11.2. The van der Waals surface area contributed by atoms with Crippen LogP contribution in [0.15, 0.2) is 0 Å². The lowest BCUT2D eigenvalue weighted by Gasteiger charge is -2.20. The van der Waals surface area contributed by atoms with Crippen molar-refractivity contribution in [2.45, 2.75) is 44.9 Å². The van der Waals surface area contributed by atoms with Crippen LogP contribution in [0, 0.1) is 0 Å². The molecule has 0 bridgehead atoms. The summed E-state index contributed by atoms with van der Waals surface area (Å²) in [7, 11) is 0. The molecular formula is C13H26N2O4. The number of nitrogens with two attached hydrogens (primary N) is 1. The molecule has 0 aromatic rings. The Morgan fingerprint density at radius 1 is 0.842 bits per heavy atom. The van der Waals surface area contributed by atoms with Crippen molar-refractivity contribution in [1.82, 2.24) is 4.90 Å². The van der Waals surface area contributed by atoms with Gasteiger partial charge in [0.25, 0.3) is 0 Å². The number of aliphatic hydroxyl groups excluding tert-OH is 2. The van der Waals surface area contributed by atoms with Crippen LogP contribution in [0.25, 0.3) is 0 Å². The molecule has 0 saturated carbocycles. The Balaban J connectivity index is 3.57. The standard InChI is InChI=1S/C13H26N2O4/c14-12(18)6-4-2-1-3-5-7-13(19)15(8-10-16)9-11-17/h16-17H,1-11H2,(H2,14,18). The number of hydrogen-bond acceptors (Lipinski definition) is 4. The van der Waals surface area contributed by atoms with Crippen LogP contribution in [0.3, 0.4) is 0 Å². The summed E-state index contributed by atoms with van der Waals surface area (Å²) < 4.78 is 0. The first-order valence-electron chi connectivity index (χ1n) is 6.89. The maximum Gasteiger partial charge on any atom is 0.222 e. The third-order valence-electron chi connectivity index (χ3n) is 2.91. The van der Waals surface area contributed by atoms with Crippen LogP contribution in [0.2, 0.25) is 0 Å². The van der Waals surface area contributed by atoms with Crippen molar-refractivity contribution in [2.24, 2.45) is 5.73 Å². The van der Waals surface area contributed by atoms with Gasteiger partial charge in [-0.05, 0) is 12.8 Å². The van der Waals surface area contributed by atoms with Crippen LogP contribution in [0.1, 0.15) is 44.9 Å². The van der Waals surface area contributed by atoms with E-state index >= 15 is 0 Å². The first-order chi connectivity index (χ1) is 9.11. The number of aliphatic hydroxyl groups is 2. The Morgan fingerprint density at radius 3 is 1.79 bits per heavy atom. The van der Waals surface area contributed by atoms with E-state index in [9.17, 15) is 9.59 Å². The summed E-state index contributed by atoms with van der Waals surface area (Å²) in [6.07, 6.45) is 5.36. The van der Waals surface area contributed by atoms with E-state index in [2.05, 4.69) is 0 Å². The van der Waals surface area contributed by atoms with Gasteiger partial charge in [-0.3, -0.25) is 9.59 Å². The number of primary amides is 1. The smallest absolute Gasteiger partial charge is 0.222 e. The lowest BCUT2D eigenvalue weighted by atomic mass is 10.1. The highest BCUT2D eigenvalue weighted by molar-refractivity contribution is 5.76. The number of nitrogens with zero attached hydrogens (tertiary/aromatic N) is 1. The van der Waals surface area contributed by atoms with Crippen molar-refractivity contribution < 1.29 is 19.8 Å². The monoisotopic (exact) mass is 274 g/mol. The molecule has 0 spiro atoms. The van der Waals surface area contributed by atoms with Crippen molar-refractivity contribution in [3.8, 4) is 0 Å². The highest BCUT2D eigenvalue weighted by Crippen LogP contribution is 2.08. The topological polar surface area (TPSA) is 104 Å². The van der Waals surface area contributed by atoms with Crippen LogP contribution in [0.4, 0.5) is 0 Å². The molecule has 0 rings (SSSR count). The third-order valence-corrected chi connectivity index (χ3v) is 2.91. The predicted molar refractivity (Wildman–Crippen MR) is 72.3 cm³/mol. The molecule has 6 heteroatoms. The average molecular weight is 274 g/mol. The minimum absolute atomic E-state index is 0.0276. The maximum atomic E-state index is 11.7. The predicted octanol–water partition coefficient (Wildman–Crippen LogP) is 0.0156. The first kappa shape index (κ1) is 17.9. The van der Waals surface area contributed by atoms with Crippen molar-refractivity contribution in [3.05, 3.63) is 0 Å². The number of unbranched alkanes of at least 4 members (excludes halogenated alkanes) is 4. The minimum Gasteiger partial charge on any atom is -0.395 e. The summed E-state index contributed by atoms with van der Waals surface area (Å²) in [5.41, 5.74) is 5.03. The molecule has 0 heterocycles. The van der Waals surface area contributed by atoms with Crippen molar-refractivity contribution in [3.63, 3.8) is 0 Å². The summed E-state index contributed by atoms with van der Waals surface area (Å²) in [6, 6.07) is 0. The van der Waals surface area contributed by atoms with Crippen molar-refractivity contribution in [1.29, 1.82) is 0 Å². The molecular weight excluding hydrogens is 248 g/mol. The molecule has 0 aliphatic rings. The molecule has 0 saturated heterocycles. The third kappa shape index (κ3) is 10.5. The second kappa shape index (κ2) is 11.9. The van der Waals surface area contributed by atoms with E-state index in [-0.39, 0.29) is 38.1 Å². The van der Waals surface area contributed by atoms with Crippen LogP contribution < -0.4 is 5.73 Å². The van der Waals surface area contributed by atoms with Crippen LogP contribution >= 0.6 is 0 Å². The number of carbonyl (C=O) groups excluding carboxylic acids is 2. The molecule has 0 radical (unpaired) electrons. The van der Waals surface area contributed by atoms with E-state index in [1.165, 1.54) is 4.90 Å². The molecule has 0 unspecified atom stereocenters. The van der Waals surface area contributed by atoms with E-state index in [0.29, 0.717) is 12.8 Å². The summed E-state index contributed by atoms with van der Waals surface area (Å²) >= 11 is 0. The zero-order chi connectivity index (χ0) is 14.5. The van der Waals surface area contributed by atoms with Gasteiger partial charge in [-0.2, -0.15) is 0 Å². The molecule has 0 atom stereocenters. The quantitative estimate of drug-likeness (QED) is 0.436. The highest BCUT2D eigenvalue weighted by Gasteiger charge is 2.11. The molecule has 0 aliphatic heterocycles. The molecule has 2 amide bonds. The summed E-state index contributed by atoms with van der Waals surface area (Å²) in [5, 5.41) is 17.6. The Morgan fingerprint density at radius 2 is 1.32 bits per heavy atom. The molecule has 0 aromatic heterocycles. The van der Waals surface area contributed by atoms with Crippen LogP contribution in [-0.4, -0.2) is 53.2 Å². The van der Waals surface area contributed by atoms with Crippen LogP contribution in [0.5, 0.6) is 0 Å². The van der Waals surface area contributed by atoms with Gasteiger partial charge < -0.3 is 20.8 Å². The SMILES string of the molecule is NC(=O)CCCCCCCC(=O)N(CCO)CCO. The lowest BCUT2D eigenvalue weighted by molar-refractivity contribution is -0.132. The molecule has 19 heavy (non-hydrogen) atoms. The Bertz CT molecular complexity index is 253. The van der Waals surface area contributed by atoms with Gasteiger partial charge in [-0.15, -0.1) is 0 Å². The van der Waals surface area contributed by atoms with E-state index in [1.54, 1.807) is 0 Å². The van der Waals surface area contributed by atoms with Gasteiger partial charge >= 0.3 is 0 Å². The molecule has 0 aromatic carbocycles. The molecule has 6 nitrogen and oxygen atoms in total. The second-order valence-electron chi connectivity index (χ2n) is 4.56. The number of rotatable bonds is 12. The zero-order valence-electron chi connectivity index (χ0n) is 11.5. The minimum atomic E-state index is -0.265. The number of carbonyl (C=O) groups is 2. The van der Waals surface area contributed by atoms with Gasteiger partial charge in [-0.1, -0.05) is 19.3 Å². The largest absolute Gasteiger partial charge is 0.395 e. The molecule has 4 N–H and O–H groups in total. The number of amides is 2. The summed E-state index contributed by atoms with van der Waals surface area (Å²) in [5.74, 6) is -0.293. The lowest BCUT2D eigenvalue weighted by Crippen LogP contribution is -2.35. The summed E-state index contributed by atoms with van der Waals surface area (Å²) in [6.45, 7) is 0.383. The Hall–Kier alpha value is -1.14. The first-order valence-corrected chi connectivity index (χ1v) is 6.89. The fourth-order valence-electron chi connectivity index (χ4n) is 1.87. The van der Waals surface area contributed by atoms with Gasteiger partial charge in [-0.25, -0.2) is 0 Å². The molecule has 112 valence electrons. The van der Waals surface area contributed by atoms with Gasteiger partial charge in [0.15, 0.2) is 0 Å².